The van der Waals surface area contributed by atoms with E-state index in [-0.39, 0.29) is 11.8 Å². The van der Waals surface area contributed by atoms with E-state index < -0.39 is 10.0 Å². The van der Waals surface area contributed by atoms with Gasteiger partial charge in [0.25, 0.3) is 0 Å². The highest BCUT2D eigenvalue weighted by Gasteiger charge is 2.29. The topological polar surface area (TPSA) is 123 Å². The van der Waals surface area contributed by atoms with Crippen LogP contribution in [0.25, 0.3) is 0 Å². The average molecular weight is 548 g/mol. The van der Waals surface area contributed by atoms with E-state index in [2.05, 4.69) is 25.5 Å². The summed E-state index contributed by atoms with van der Waals surface area (Å²) in [5.41, 5.74) is 0.801. The Morgan fingerprint density at radius 2 is 1.79 bits per heavy atom. The molecule has 212 valence electrons. The van der Waals surface area contributed by atoms with Crippen molar-refractivity contribution in [3.05, 3.63) is 24.5 Å². The molecular formula is C27H45N7O3S. The fourth-order valence-corrected chi connectivity index (χ4v) is 7.04. The zero-order valence-corrected chi connectivity index (χ0v) is 23.5. The van der Waals surface area contributed by atoms with E-state index in [1.165, 1.54) is 12.8 Å². The van der Waals surface area contributed by atoms with Gasteiger partial charge >= 0.3 is 0 Å². The van der Waals surface area contributed by atoms with Crippen molar-refractivity contribution < 1.29 is 13.2 Å². The first-order chi connectivity index (χ1) is 18.6. The molecule has 0 aromatic carbocycles. The number of morpholine rings is 1. The minimum absolute atomic E-state index is 0.153. The Hall–Kier alpha value is -2.26. The Bertz CT molecular complexity index is 955. The van der Waals surface area contributed by atoms with Gasteiger partial charge in [-0.2, -0.15) is 9.57 Å². The smallest absolute Gasteiger partial charge is 0.214 e. The summed E-state index contributed by atoms with van der Waals surface area (Å²) in [6, 6.07) is 3.76. The minimum atomic E-state index is -3.29. The van der Waals surface area contributed by atoms with Gasteiger partial charge in [-0.3, -0.25) is 20.2 Å². The van der Waals surface area contributed by atoms with Crippen LogP contribution >= 0.6 is 0 Å². The van der Waals surface area contributed by atoms with Crippen molar-refractivity contribution in [3.8, 4) is 6.19 Å². The number of aromatic nitrogens is 1. The first kappa shape index (κ1) is 30.3. The molecule has 0 bridgehead atoms. The molecule has 1 aromatic heterocycles. The average Bonchev–Trinajstić information content (AvgIpc) is 3.21. The molecule has 2 heterocycles. The Labute approximate surface area is 228 Å². The van der Waals surface area contributed by atoms with Gasteiger partial charge in [0.1, 0.15) is 0 Å². The number of anilines is 1. The third-order valence-electron chi connectivity index (χ3n) is 7.24. The monoisotopic (exact) mass is 547 g/mol. The molecule has 2 aliphatic rings. The molecule has 3 rings (SSSR count). The number of guanidine groups is 1. The largest absolute Gasteiger partial charge is 0.379 e. The van der Waals surface area contributed by atoms with Gasteiger partial charge in [-0.1, -0.05) is 38.5 Å². The summed E-state index contributed by atoms with van der Waals surface area (Å²) in [5.74, 6) is 0.618. The third-order valence-corrected chi connectivity index (χ3v) is 9.24. The minimum Gasteiger partial charge on any atom is -0.379 e. The van der Waals surface area contributed by atoms with Crippen LogP contribution in [0.2, 0.25) is 0 Å². The first-order valence-corrected chi connectivity index (χ1v) is 15.9. The highest BCUT2D eigenvalue weighted by molar-refractivity contribution is 7.89. The molecule has 38 heavy (non-hydrogen) atoms. The molecule has 10 nitrogen and oxygen atoms in total. The number of aliphatic imine (C=N–C) groups is 1. The fourth-order valence-electron chi connectivity index (χ4n) is 5.16. The zero-order valence-electron chi connectivity index (χ0n) is 22.7. The Morgan fingerprint density at radius 3 is 2.50 bits per heavy atom. The lowest BCUT2D eigenvalue weighted by molar-refractivity contribution is 0.0365. The number of pyridine rings is 1. The zero-order chi connectivity index (χ0) is 26.9. The molecule has 0 amide bonds. The maximum atomic E-state index is 13.5. The maximum absolute atomic E-state index is 13.5. The molecule has 1 aliphatic heterocycles. The molecule has 11 heteroatoms. The summed E-state index contributed by atoms with van der Waals surface area (Å²) in [6.07, 6.45) is 16.0. The van der Waals surface area contributed by atoms with Crippen molar-refractivity contribution in [2.45, 2.75) is 76.7 Å². The lowest BCUT2D eigenvalue weighted by Gasteiger charge is -2.32. The van der Waals surface area contributed by atoms with E-state index in [1.807, 2.05) is 10.5 Å². The summed E-state index contributed by atoms with van der Waals surface area (Å²) in [5, 5.41) is 14.6. The molecule has 2 fully saturated rings. The van der Waals surface area contributed by atoms with Gasteiger partial charge in [0.05, 0.1) is 19.0 Å². The van der Waals surface area contributed by atoms with E-state index in [0.717, 1.165) is 89.9 Å². The lowest BCUT2D eigenvalue weighted by Crippen LogP contribution is -2.44. The van der Waals surface area contributed by atoms with Crippen molar-refractivity contribution in [1.29, 1.82) is 5.26 Å². The number of nitrogens with zero attached hydrogens (tertiary/aromatic N) is 5. The number of unbranched alkanes of at least 4 members (excludes halogenated alkanes) is 3. The number of hydrogen-bond donors (Lipinski definition) is 2. The van der Waals surface area contributed by atoms with Gasteiger partial charge in [0.15, 0.2) is 6.19 Å². The third kappa shape index (κ3) is 11.2. The number of nitrogens with one attached hydrogen (secondary N) is 2. The summed E-state index contributed by atoms with van der Waals surface area (Å²) in [6.45, 7) is 5.53. The second-order valence-corrected chi connectivity index (χ2v) is 12.2. The summed E-state index contributed by atoms with van der Waals surface area (Å²) in [7, 11) is -3.29. The van der Waals surface area contributed by atoms with Gasteiger partial charge < -0.3 is 10.1 Å². The molecule has 0 radical (unpaired) electrons. The van der Waals surface area contributed by atoms with Crippen molar-refractivity contribution in [2.24, 2.45) is 4.99 Å². The van der Waals surface area contributed by atoms with E-state index in [1.54, 1.807) is 24.5 Å². The molecule has 1 aromatic rings. The normalized spacial score (nSPS) is 18.2. The van der Waals surface area contributed by atoms with E-state index in [9.17, 15) is 8.42 Å². The van der Waals surface area contributed by atoms with E-state index in [0.29, 0.717) is 25.5 Å². The van der Waals surface area contributed by atoms with Crippen LogP contribution in [0.1, 0.15) is 70.6 Å². The highest BCUT2D eigenvalue weighted by Crippen LogP contribution is 2.25. The van der Waals surface area contributed by atoms with E-state index >= 15 is 0 Å². The van der Waals surface area contributed by atoms with Crippen LogP contribution in [0.4, 0.5) is 5.69 Å². The van der Waals surface area contributed by atoms with Crippen LogP contribution in [0.15, 0.2) is 29.5 Å². The van der Waals surface area contributed by atoms with Crippen LogP contribution in [0.3, 0.4) is 0 Å². The lowest BCUT2D eigenvalue weighted by atomic mass is 10.1. The first-order valence-electron chi connectivity index (χ1n) is 14.2. The van der Waals surface area contributed by atoms with Crippen LogP contribution in [0, 0.1) is 11.5 Å². The second-order valence-electron chi connectivity index (χ2n) is 10.1. The van der Waals surface area contributed by atoms with Crippen LogP contribution in [0.5, 0.6) is 0 Å². The van der Waals surface area contributed by atoms with Gasteiger partial charge in [0.2, 0.25) is 16.0 Å². The van der Waals surface area contributed by atoms with Gasteiger partial charge in [-0.25, -0.2) is 8.42 Å². The molecule has 2 N–H and O–H groups in total. The number of sulfonamides is 1. The van der Waals surface area contributed by atoms with Crippen molar-refractivity contribution in [2.75, 3.05) is 57.0 Å². The highest BCUT2D eigenvalue weighted by atomic mass is 32.2. The van der Waals surface area contributed by atoms with Gasteiger partial charge in [-0.05, 0) is 50.8 Å². The van der Waals surface area contributed by atoms with Gasteiger partial charge in [-0.15, -0.1) is 0 Å². The Balaban J connectivity index is 1.42. The molecule has 1 aliphatic carbocycles. The predicted octanol–water partition coefficient (Wildman–Crippen LogP) is 3.56. The summed E-state index contributed by atoms with van der Waals surface area (Å²) < 4.78 is 34.2. The standard InChI is InChI=1S/C27H45N7O3S/c28-24-31-27(32-25-12-15-29-16-13-25)30-14-7-3-4-8-23-38(35,36)34(26-10-5-1-2-6-11-26)18-9-17-33-19-21-37-22-20-33/h12-13,15-16,26H,1-11,14,17-23H2,(H2,29,30,31,32). The predicted molar refractivity (Wildman–Crippen MR) is 151 cm³/mol. The fraction of sp³-hybridized carbons (Fsp3) is 0.741. The maximum Gasteiger partial charge on any atom is 0.214 e. The van der Waals surface area contributed by atoms with Crippen molar-refractivity contribution >= 4 is 21.7 Å². The Morgan fingerprint density at radius 1 is 1.08 bits per heavy atom. The van der Waals surface area contributed by atoms with Crippen LogP contribution in [-0.2, 0) is 14.8 Å². The van der Waals surface area contributed by atoms with Crippen molar-refractivity contribution in [3.63, 3.8) is 0 Å². The second kappa shape index (κ2) is 17.4. The molecule has 1 saturated carbocycles. The number of rotatable bonds is 14. The number of ether oxygens (including phenoxy) is 1. The van der Waals surface area contributed by atoms with Gasteiger partial charge in [0, 0.05) is 50.3 Å². The number of hydrogen-bond acceptors (Lipinski definition) is 7. The summed E-state index contributed by atoms with van der Waals surface area (Å²) in [4.78, 5) is 10.8. The number of nitriles is 1. The molecule has 0 atom stereocenters. The van der Waals surface area contributed by atoms with Crippen LogP contribution in [-0.4, -0.2) is 86.3 Å². The molecule has 0 spiro atoms. The van der Waals surface area contributed by atoms with Crippen molar-refractivity contribution in [1.82, 2.24) is 19.5 Å². The molecule has 0 unspecified atom stereocenters. The molecule has 1 saturated heterocycles. The SMILES string of the molecule is N#CNC(=NCCCCCCS(=O)(=O)N(CCCN1CCOCC1)C1CCCCCC1)Nc1ccncc1. The summed E-state index contributed by atoms with van der Waals surface area (Å²) >= 11 is 0. The van der Waals surface area contributed by atoms with Crippen LogP contribution < -0.4 is 10.6 Å². The van der Waals surface area contributed by atoms with E-state index in [4.69, 9.17) is 10.00 Å². The molecular weight excluding hydrogens is 502 g/mol. The Kier molecular flexibility index (Phi) is 13.8. The quantitative estimate of drug-likeness (QED) is 0.0905.